The van der Waals surface area contributed by atoms with Gasteiger partial charge in [-0.3, -0.25) is 9.48 Å². The van der Waals surface area contributed by atoms with Crippen LogP contribution in [0.15, 0.2) is 12.3 Å². The highest BCUT2D eigenvalue weighted by molar-refractivity contribution is 6.21. The maximum Gasteiger partial charge on any atom is 0.272 e. The van der Waals surface area contributed by atoms with Gasteiger partial charge in [0.2, 0.25) is 0 Å². The first-order valence-corrected chi connectivity index (χ1v) is 5.94. The zero-order valence-electron chi connectivity index (χ0n) is 9.56. The van der Waals surface area contributed by atoms with E-state index >= 15 is 0 Å². The maximum absolute atomic E-state index is 12.1. The molecule has 0 radical (unpaired) electrons. The number of hydrogen-bond acceptors (Lipinski definition) is 2. The lowest BCUT2D eigenvalue weighted by molar-refractivity contribution is 0.0690. The molecule has 1 saturated heterocycles. The fourth-order valence-electron chi connectivity index (χ4n) is 1.95. The Morgan fingerprint density at radius 3 is 2.94 bits per heavy atom. The third-order valence-electron chi connectivity index (χ3n) is 3.19. The summed E-state index contributed by atoms with van der Waals surface area (Å²) in [6, 6.07) is 1.74. The van der Waals surface area contributed by atoms with E-state index < -0.39 is 0 Å². The van der Waals surface area contributed by atoms with E-state index in [2.05, 4.69) is 12.0 Å². The van der Waals surface area contributed by atoms with Crippen molar-refractivity contribution in [1.29, 1.82) is 0 Å². The van der Waals surface area contributed by atoms with Gasteiger partial charge in [-0.05, 0) is 18.4 Å². The standard InChI is InChI=1S/C11H16ClN3O/c1-8-4-6-15(7-9(8)12)11(16)10-3-5-13-14(10)2/h3,5,8-9H,4,6-7H2,1-2H3. The molecule has 0 saturated carbocycles. The lowest BCUT2D eigenvalue weighted by Crippen LogP contribution is -2.44. The molecule has 16 heavy (non-hydrogen) atoms. The van der Waals surface area contributed by atoms with Crippen LogP contribution in [0, 0.1) is 5.92 Å². The Morgan fingerprint density at radius 1 is 1.62 bits per heavy atom. The van der Waals surface area contributed by atoms with Crippen molar-refractivity contribution < 1.29 is 4.79 Å². The SMILES string of the molecule is CC1CCN(C(=O)c2ccnn2C)CC1Cl. The van der Waals surface area contributed by atoms with E-state index in [1.165, 1.54) is 0 Å². The number of nitrogens with zero attached hydrogens (tertiary/aromatic N) is 3. The summed E-state index contributed by atoms with van der Waals surface area (Å²) in [6.07, 6.45) is 2.61. The Kier molecular flexibility index (Phi) is 3.19. The highest BCUT2D eigenvalue weighted by Gasteiger charge is 2.28. The zero-order chi connectivity index (χ0) is 11.7. The second kappa shape index (κ2) is 4.45. The van der Waals surface area contributed by atoms with Gasteiger partial charge in [0.15, 0.2) is 0 Å². The van der Waals surface area contributed by atoms with E-state index in [4.69, 9.17) is 11.6 Å². The first-order chi connectivity index (χ1) is 7.59. The van der Waals surface area contributed by atoms with Crippen LogP contribution in [0.1, 0.15) is 23.8 Å². The van der Waals surface area contributed by atoms with Gasteiger partial charge in [-0.15, -0.1) is 11.6 Å². The van der Waals surface area contributed by atoms with Crippen molar-refractivity contribution in [3.05, 3.63) is 18.0 Å². The zero-order valence-corrected chi connectivity index (χ0v) is 10.3. The van der Waals surface area contributed by atoms with Gasteiger partial charge in [-0.2, -0.15) is 5.10 Å². The van der Waals surface area contributed by atoms with Crippen molar-refractivity contribution in [3.63, 3.8) is 0 Å². The number of rotatable bonds is 1. The molecule has 1 aliphatic heterocycles. The number of carbonyl (C=O) groups excluding carboxylic acids is 1. The molecular weight excluding hydrogens is 226 g/mol. The summed E-state index contributed by atoms with van der Waals surface area (Å²) in [4.78, 5) is 14.0. The van der Waals surface area contributed by atoms with E-state index in [0.29, 0.717) is 18.2 Å². The average molecular weight is 242 g/mol. The topological polar surface area (TPSA) is 38.1 Å². The van der Waals surface area contributed by atoms with Gasteiger partial charge in [0, 0.05) is 26.3 Å². The number of aromatic nitrogens is 2. The second-order valence-corrected chi connectivity index (χ2v) is 4.93. The van der Waals surface area contributed by atoms with E-state index in [9.17, 15) is 4.79 Å². The molecule has 1 amide bonds. The molecule has 1 fully saturated rings. The van der Waals surface area contributed by atoms with Crippen molar-refractivity contribution in [2.45, 2.75) is 18.7 Å². The first kappa shape index (κ1) is 11.5. The monoisotopic (exact) mass is 241 g/mol. The molecule has 2 rings (SSSR count). The summed E-state index contributed by atoms with van der Waals surface area (Å²) >= 11 is 6.19. The Labute approximate surface area is 100 Å². The lowest BCUT2D eigenvalue weighted by atomic mass is 9.98. The number of piperidine rings is 1. The summed E-state index contributed by atoms with van der Waals surface area (Å²) in [6.45, 7) is 3.55. The van der Waals surface area contributed by atoms with Gasteiger partial charge in [-0.25, -0.2) is 0 Å². The summed E-state index contributed by atoms with van der Waals surface area (Å²) in [7, 11) is 1.78. The molecule has 1 aliphatic rings. The number of likely N-dealkylation sites (tertiary alicyclic amines) is 1. The number of hydrogen-bond donors (Lipinski definition) is 0. The maximum atomic E-state index is 12.1. The number of amides is 1. The minimum atomic E-state index is 0.0255. The number of aryl methyl sites for hydroxylation is 1. The smallest absolute Gasteiger partial charge is 0.272 e. The minimum Gasteiger partial charge on any atom is -0.336 e. The second-order valence-electron chi connectivity index (χ2n) is 4.37. The molecule has 0 spiro atoms. The molecule has 5 heteroatoms. The molecule has 0 bridgehead atoms. The van der Waals surface area contributed by atoms with Gasteiger partial charge in [0.1, 0.15) is 5.69 Å². The summed E-state index contributed by atoms with van der Waals surface area (Å²) < 4.78 is 1.60. The Morgan fingerprint density at radius 2 is 2.38 bits per heavy atom. The van der Waals surface area contributed by atoms with Gasteiger partial charge in [0.05, 0.1) is 5.38 Å². The Hall–Kier alpha value is -1.03. The van der Waals surface area contributed by atoms with Crippen LogP contribution in [-0.2, 0) is 7.05 Å². The Bertz CT molecular complexity index is 390. The largest absolute Gasteiger partial charge is 0.336 e. The number of halogens is 1. The highest BCUT2D eigenvalue weighted by atomic mass is 35.5. The van der Waals surface area contributed by atoms with Crippen molar-refractivity contribution in [3.8, 4) is 0 Å². The van der Waals surface area contributed by atoms with Crippen molar-refractivity contribution in [2.75, 3.05) is 13.1 Å². The van der Waals surface area contributed by atoms with E-state index in [0.717, 1.165) is 13.0 Å². The molecule has 2 unspecified atom stereocenters. The van der Waals surface area contributed by atoms with Crippen LogP contribution in [-0.4, -0.2) is 39.1 Å². The van der Waals surface area contributed by atoms with E-state index in [-0.39, 0.29) is 11.3 Å². The molecule has 2 atom stereocenters. The summed E-state index contributed by atoms with van der Waals surface area (Å²) in [5, 5.41) is 4.06. The van der Waals surface area contributed by atoms with Gasteiger partial charge in [-0.1, -0.05) is 6.92 Å². The van der Waals surface area contributed by atoms with Crippen LogP contribution in [0.2, 0.25) is 0 Å². The minimum absolute atomic E-state index is 0.0255. The normalized spacial score (nSPS) is 25.8. The van der Waals surface area contributed by atoms with Gasteiger partial charge >= 0.3 is 0 Å². The van der Waals surface area contributed by atoms with Crippen molar-refractivity contribution in [1.82, 2.24) is 14.7 Å². The molecule has 2 heterocycles. The van der Waals surface area contributed by atoms with Crippen LogP contribution >= 0.6 is 11.6 Å². The average Bonchev–Trinajstić information content (AvgIpc) is 2.67. The van der Waals surface area contributed by atoms with Crippen molar-refractivity contribution >= 4 is 17.5 Å². The predicted octanol–water partition coefficient (Wildman–Crippen LogP) is 1.51. The molecular formula is C11H16ClN3O. The van der Waals surface area contributed by atoms with Crippen LogP contribution in [0.3, 0.4) is 0 Å². The summed E-state index contributed by atoms with van der Waals surface area (Å²) in [5.41, 5.74) is 0.624. The third-order valence-corrected chi connectivity index (χ3v) is 3.76. The van der Waals surface area contributed by atoms with Crippen LogP contribution in [0.25, 0.3) is 0 Å². The lowest BCUT2D eigenvalue weighted by Gasteiger charge is -2.33. The number of alkyl halides is 1. The third kappa shape index (κ3) is 2.07. The number of carbonyl (C=O) groups is 1. The molecule has 88 valence electrons. The van der Waals surface area contributed by atoms with Gasteiger partial charge in [0.25, 0.3) is 5.91 Å². The quantitative estimate of drug-likeness (QED) is 0.699. The molecule has 0 aliphatic carbocycles. The fraction of sp³-hybridized carbons (Fsp3) is 0.636. The molecule has 1 aromatic heterocycles. The first-order valence-electron chi connectivity index (χ1n) is 5.51. The molecule has 1 aromatic rings. The predicted molar refractivity (Wildman–Crippen MR) is 62.5 cm³/mol. The van der Waals surface area contributed by atoms with Gasteiger partial charge < -0.3 is 4.90 Å². The molecule has 0 aromatic carbocycles. The van der Waals surface area contributed by atoms with Crippen molar-refractivity contribution in [2.24, 2.45) is 13.0 Å². The highest BCUT2D eigenvalue weighted by Crippen LogP contribution is 2.22. The van der Waals surface area contributed by atoms with Crippen LogP contribution in [0.4, 0.5) is 0 Å². The molecule has 4 nitrogen and oxygen atoms in total. The molecule has 0 N–H and O–H groups in total. The van der Waals surface area contributed by atoms with E-state index in [1.54, 1.807) is 24.0 Å². The van der Waals surface area contributed by atoms with E-state index in [1.807, 2.05) is 4.90 Å². The van der Waals surface area contributed by atoms with Crippen LogP contribution in [0.5, 0.6) is 0 Å². The summed E-state index contributed by atoms with van der Waals surface area (Å²) in [5.74, 6) is 0.509. The van der Waals surface area contributed by atoms with Crippen LogP contribution < -0.4 is 0 Å². The fourth-order valence-corrected chi connectivity index (χ4v) is 2.24. The Balaban J connectivity index is 2.09.